The summed E-state index contributed by atoms with van der Waals surface area (Å²) in [4.78, 5) is 6.58. The van der Waals surface area contributed by atoms with Gasteiger partial charge in [0.25, 0.3) is 0 Å². The third-order valence-corrected chi connectivity index (χ3v) is 5.12. The van der Waals surface area contributed by atoms with Gasteiger partial charge in [0.1, 0.15) is 5.84 Å². The van der Waals surface area contributed by atoms with Gasteiger partial charge in [0, 0.05) is 17.0 Å². The third-order valence-electron chi connectivity index (χ3n) is 5.12. The number of aliphatic hydroxyl groups is 1. The zero-order chi connectivity index (χ0) is 26.5. The zero-order valence-corrected chi connectivity index (χ0v) is 21.9. The Kier molecular flexibility index (Phi) is 14.2. The van der Waals surface area contributed by atoms with Crippen LogP contribution in [0.3, 0.4) is 0 Å². The molecule has 190 valence electrons. The molecule has 0 radical (unpaired) electrons. The first-order valence-corrected chi connectivity index (χ1v) is 11.5. The van der Waals surface area contributed by atoms with Crippen molar-refractivity contribution in [3.8, 4) is 0 Å². The molecule has 1 N–H and O–H groups in total. The molecule has 0 aliphatic heterocycles. The van der Waals surface area contributed by atoms with Crippen LogP contribution in [0.5, 0.6) is 0 Å². The van der Waals surface area contributed by atoms with Gasteiger partial charge in [0.15, 0.2) is 0 Å². The minimum atomic E-state index is -4.35. The van der Waals surface area contributed by atoms with Gasteiger partial charge in [-0.25, -0.2) is 4.99 Å². The molecule has 0 aromatic rings. The number of alkyl halides is 3. The number of allylic oxidation sites excluding steroid dienone is 9. The van der Waals surface area contributed by atoms with E-state index in [9.17, 15) is 18.3 Å². The highest BCUT2D eigenvalue weighted by Crippen LogP contribution is 2.28. The maximum absolute atomic E-state index is 13.0. The Morgan fingerprint density at radius 1 is 1.06 bits per heavy atom. The lowest BCUT2D eigenvalue weighted by Crippen LogP contribution is -2.37. The van der Waals surface area contributed by atoms with Crippen LogP contribution in [0.25, 0.3) is 0 Å². The van der Waals surface area contributed by atoms with Gasteiger partial charge in [-0.05, 0) is 73.0 Å². The van der Waals surface area contributed by atoms with E-state index in [2.05, 4.69) is 11.6 Å². The average Bonchev–Trinajstić information content (AvgIpc) is 2.72. The Morgan fingerprint density at radius 2 is 1.68 bits per heavy atom. The van der Waals surface area contributed by atoms with Crippen molar-refractivity contribution < 1.29 is 18.3 Å². The van der Waals surface area contributed by atoms with Crippen LogP contribution < -0.4 is 0 Å². The molecule has 2 unspecified atom stereocenters. The third kappa shape index (κ3) is 11.5. The van der Waals surface area contributed by atoms with E-state index in [0.29, 0.717) is 18.0 Å². The molecule has 0 amide bonds. The van der Waals surface area contributed by atoms with Crippen molar-refractivity contribution in [2.75, 3.05) is 0 Å². The summed E-state index contributed by atoms with van der Waals surface area (Å²) < 4.78 is 39.1. The first-order valence-electron chi connectivity index (χ1n) is 11.5. The largest absolute Gasteiger partial charge is 0.412 e. The summed E-state index contributed by atoms with van der Waals surface area (Å²) in [6, 6.07) is -0.142. The van der Waals surface area contributed by atoms with Crippen molar-refractivity contribution in [1.82, 2.24) is 4.90 Å². The van der Waals surface area contributed by atoms with E-state index in [4.69, 9.17) is 0 Å². The van der Waals surface area contributed by atoms with Gasteiger partial charge in [0.05, 0.1) is 12.1 Å². The predicted molar refractivity (Wildman–Crippen MR) is 140 cm³/mol. The maximum Gasteiger partial charge on any atom is 0.412 e. The van der Waals surface area contributed by atoms with Crippen molar-refractivity contribution in [2.45, 2.75) is 86.6 Å². The molecule has 0 aliphatic rings. The summed E-state index contributed by atoms with van der Waals surface area (Å²) >= 11 is 0. The van der Waals surface area contributed by atoms with Crippen LogP contribution in [-0.2, 0) is 0 Å². The van der Waals surface area contributed by atoms with Crippen LogP contribution in [0.15, 0.2) is 88.3 Å². The van der Waals surface area contributed by atoms with Gasteiger partial charge in [-0.15, -0.1) is 0 Å². The molecule has 0 bridgehead atoms. The Hall–Kier alpha value is -2.60. The first-order chi connectivity index (χ1) is 15.8. The van der Waals surface area contributed by atoms with E-state index in [1.807, 2.05) is 64.7 Å². The average molecular weight is 479 g/mol. The van der Waals surface area contributed by atoms with Crippen LogP contribution in [0.1, 0.15) is 68.2 Å². The fourth-order valence-corrected chi connectivity index (χ4v) is 3.30. The molecule has 34 heavy (non-hydrogen) atoms. The van der Waals surface area contributed by atoms with E-state index >= 15 is 0 Å². The summed E-state index contributed by atoms with van der Waals surface area (Å²) in [6.07, 6.45) is 9.08. The highest BCUT2D eigenvalue weighted by Gasteiger charge is 2.31. The summed E-state index contributed by atoms with van der Waals surface area (Å²) in [5.74, 6) is 0.624. The zero-order valence-electron chi connectivity index (χ0n) is 21.9. The van der Waals surface area contributed by atoms with Crippen molar-refractivity contribution >= 4 is 5.84 Å². The van der Waals surface area contributed by atoms with Crippen molar-refractivity contribution in [1.29, 1.82) is 0 Å². The molecule has 0 saturated carbocycles. The van der Waals surface area contributed by atoms with Crippen LogP contribution in [0.4, 0.5) is 13.2 Å². The topological polar surface area (TPSA) is 35.8 Å². The second-order valence-corrected chi connectivity index (χ2v) is 8.35. The van der Waals surface area contributed by atoms with Crippen molar-refractivity contribution in [2.24, 2.45) is 4.99 Å². The van der Waals surface area contributed by atoms with Gasteiger partial charge in [-0.3, -0.25) is 0 Å². The lowest BCUT2D eigenvalue weighted by molar-refractivity contribution is -0.0935. The molecular weight excluding hydrogens is 437 g/mol. The van der Waals surface area contributed by atoms with Gasteiger partial charge in [0.2, 0.25) is 0 Å². The standard InChI is InChI=1S/C28H41F3N2O/c1-10-13-27(34)19-16-22(7)33(23(8)25(11-2)17-14-20(4)5)24(9)32-21(6)15-18-26(12-3)28(29,30)31/h10-11,13-18,23,27,34H,2,12,19H2,1,3-9H3/b13-10-,21-15+,22-16+,25-17+,26-18+,32-24+. The molecule has 0 saturated heterocycles. The summed E-state index contributed by atoms with van der Waals surface area (Å²) in [5.41, 5.74) is 2.84. The Balaban J connectivity index is 6.38. The van der Waals surface area contributed by atoms with Gasteiger partial charge >= 0.3 is 6.18 Å². The quantitative estimate of drug-likeness (QED) is 0.141. The molecule has 2 atom stereocenters. The highest BCUT2D eigenvalue weighted by atomic mass is 19.4. The highest BCUT2D eigenvalue weighted by molar-refractivity contribution is 5.83. The van der Waals surface area contributed by atoms with Gasteiger partial charge in [-0.1, -0.05) is 61.6 Å². The Labute approximate surface area is 204 Å². The fraction of sp³-hybridized carbons (Fsp3) is 0.464. The van der Waals surface area contributed by atoms with E-state index in [-0.39, 0.29) is 12.5 Å². The fourth-order valence-electron chi connectivity index (χ4n) is 3.30. The van der Waals surface area contributed by atoms with Crippen LogP contribution in [0, 0.1) is 0 Å². The first kappa shape index (κ1) is 31.4. The summed E-state index contributed by atoms with van der Waals surface area (Å²) in [7, 11) is 0. The van der Waals surface area contributed by atoms with Crippen LogP contribution in [0.2, 0.25) is 0 Å². The molecule has 3 nitrogen and oxygen atoms in total. The van der Waals surface area contributed by atoms with Crippen molar-refractivity contribution in [3.05, 3.63) is 83.3 Å². The van der Waals surface area contributed by atoms with E-state index in [0.717, 1.165) is 22.9 Å². The minimum Gasteiger partial charge on any atom is -0.389 e. The number of aliphatic hydroxyl groups excluding tert-OH is 1. The van der Waals surface area contributed by atoms with Crippen LogP contribution in [-0.4, -0.2) is 34.2 Å². The molecule has 6 heteroatoms. The molecule has 0 fully saturated rings. The van der Waals surface area contributed by atoms with Gasteiger partial charge in [-0.2, -0.15) is 13.2 Å². The second-order valence-electron chi connectivity index (χ2n) is 8.35. The number of aliphatic imine (C=N–C) groups is 1. The van der Waals surface area contributed by atoms with E-state index < -0.39 is 17.9 Å². The molecular formula is C28H41F3N2O. The monoisotopic (exact) mass is 478 g/mol. The molecule has 0 heterocycles. The number of amidine groups is 1. The SMILES string of the molecule is C=C/C(=C\C=C(C)C)C(C)N(/C(C)=C/CC(O)/C=C\C)/C(C)=N/C(C)=C/C=C(\CC)C(F)(F)F. The van der Waals surface area contributed by atoms with Crippen molar-refractivity contribution in [3.63, 3.8) is 0 Å². The smallest absolute Gasteiger partial charge is 0.389 e. The number of halogens is 3. The van der Waals surface area contributed by atoms with E-state index in [1.165, 1.54) is 13.0 Å². The number of nitrogens with zero attached hydrogens (tertiary/aromatic N) is 2. The minimum absolute atomic E-state index is 0.104. The summed E-state index contributed by atoms with van der Waals surface area (Å²) in [6.45, 7) is 18.7. The number of hydrogen-bond donors (Lipinski definition) is 1. The molecule has 0 aromatic carbocycles. The normalized spacial score (nSPS) is 16.5. The molecule has 0 aromatic heterocycles. The molecule has 0 aliphatic carbocycles. The summed E-state index contributed by atoms with van der Waals surface area (Å²) in [5, 5.41) is 10.1. The lowest BCUT2D eigenvalue weighted by atomic mass is 10.0. The lowest BCUT2D eigenvalue weighted by Gasteiger charge is -2.33. The number of hydrogen-bond acceptors (Lipinski definition) is 2. The second kappa shape index (κ2) is 15.3. The van der Waals surface area contributed by atoms with Crippen LogP contribution >= 0.6 is 0 Å². The molecule has 0 spiro atoms. The van der Waals surface area contributed by atoms with E-state index in [1.54, 1.807) is 25.2 Å². The van der Waals surface area contributed by atoms with Gasteiger partial charge < -0.3 is 10.0 Å². The Morgan fingerprint density at radius 3 is 2.15 bits per heavy atom. The maximum atomic E-state index is 13.0. The predicted octanol–water partition coefficient (Wildman–Crippen LogP) is 8.21. The molecule has 0 rings (SSSR count). The Bertz CT molecular complexity index is 880. The number of rotatable bonds is 11.